The van der Waals surface area contributed by atoms with E-state index in [1.165, 1.54) is 4.90 Å². The Balaban J connectivity index is 2.25. The van der Waals surface area contributed by atoms with Gasteiger partial charge >= 0.3 is 5.37 Å². The lowest BCUT2D eigenvalue weighted by Gasteiger charge is -2.22. The highest BCUT2D eigenvalue weighted by atomic mass is 35.5. The first kappa shape index (κ1) is 12.0. The zero-order valence-corrected chi connectivity index (χ0v) is 10.6. The second-order valence-corrected chi connectivity index (χ2v) is 4.35. The molecule has 1 amide bonds. The monoisotopic (exact) mass is 255 g/mol. The number of halogens is 1. The number of nitrogens with zero attached hydrogens (tertiary/aromatic N) is 1. The molecule has 0 aromatic heterocycles. The highest BCUT2D eigenvalue weighted by Gasteiger charge is 2.15. The number of aryl methyl sites for hydroxylation is 1. The van der Waals surface area contributed by atoms with E-state index < -0.39 is 5.37 Å². The second kappa shape index (κ2) is 4.84. The molecule has 0 spiro atoms. The molecule has 4 nitrogen and oxygen atoms in total. The van der Waals surface area contributed by atoms with Crippen molar-refractivity contribution in [2.75, 3.05) is 20.3 Å². The van der Waals surface area contributed by atoms with Gasteiger partial charge in [0.25, 0.3) is 0 Å². The molecular formula is C12H14ClNO3. The summed E-state index contributed by atoms with van der Waals surface area (Å²) in [6.45, 7) is 3.57. The van der Waals surface area contributed by atoms with Crippen molar-refractivity contribution in [1.29, 1.82) is 0 Å². The van der Waals surface area contributed by atoms with Crippen LogP contribution in [0.5, 0.6) is 11.5 Å². The molecule has 0 radical (unpaired) electrons. The summed E-state index contributed by atoms with van der Waals surface area (Å²) in [6, 6.07) is 3.83. The lowest BCUT2D eigenvalue weighted by Crippen LogP contribution is -2.21. The quantitative estimate of drug-likeness (QED) is 0.602. The Kier molecular flexibility index (Phi) is 3.43. The van der Waals surface area contributed by atoms with E-state index in [0.717, 1.165) is 22.6 Å². The first-order valence-electron chi connectivity index (χ1n) is 5.37. The van der Waals surface area contributed by atoms with E-state index in [4.69, 9.17) is 21.1 Å². The van der Waals surface area contributed by atoms with E-state index in [-0.39, 0.29) is 0 Å². The van der Waals surface area contributed by atoms with Crippen molar-refractivity contribution in [3.8, 4) is 11.5 Å². The van der Waals surface area contributed by atoms with Crippen molar-refractivity contribution in [2.45, 2.75) is 13.5 Å². The van der Waals surface area contributed by atoms with Crippen molar-refractivity contribution in [3.63, 3.8) is 0 Å². The van der Waals surface area contributed by atoms with E-state index in [1.807, 2.05) is 19.1 Å². The molecule has 1 heterocycles. The standard InChI is InChI=1S/C12H14ClNO3/c1-8-5-10-11(17-4-3-16-10)6-9(8)7-14(2)12(13)15/h5-6H,3-4,7H2,1-2H3. The van der Waals surface area contributed by atoms with Crippen LogP contribution in [0.4, 0.5) is 4.79 Å². The van der Waals surface area contributed by atoms with Gasteiger partial charge in [-0.2, -0.15) is 0 Å². The molecule has 1 aliphatic rings. The minimum absolute atomic E-state index is 0.463. The van der Waals surface area contributed by atoms with Crippen LogP contribution in [0.15, 0.2) is 12.1 Å². The van der Waals surface area contributed by atoms with E-state index >= 15 is 0 Å². The van der Waals surface area contributed by atoms with Crippen molar-refractivity contribution >= 4 is 17.0 Å². The summed E-state index contributed by atoms with van der Waals surface area (Å²) in [5.74, 6) is 1.49. The zero-order valence-electron chi connectivity index (χ0n) is 9.83. The molecule has 17 heavy (non-hydrogen) atoms. The first-order valence-corrected chi connectivity index (χ1v) is 5.75. The number of fused-ring (bicyclic) bond motifs is 1. The molecule has 1 aromatic carbocycles. The average molecular weight is 256 g/mol. The predicted octanol–water partition coefficient (Wildman–Crippen LogP) is 2.56. The van der Waals surface area contributed by atoms with E-state index in [9.17, 15) is 4.79 Å². The Labute approximate surface area is 105 Å². The second-order valence-electron chi connectivity index (χ2n) is 4.03. The molecule has 2 rings (SSSR count). The van der Waals surface area contributed by atoms with Gasteiger partial charge in [0.1, 0.15) is 13.2 Å². The molecule has 92 valence electrons. The summed E-state index contributed by atoms with van der Waals surface area (Å²) in [7, 11) is 1.66. The van der Waals surface area contributed by atoms with Gasteiger partial charge in [-0.1, -0.05) is 0 Å². The highest BCUT2D eigenvalue weighted by molar-refractivity contribution is 6.62. The number of hydrogen-bond donors (Lipinski definition) is 0. The average Bonchev–Trinajstić information content (AvgIpc) is 2.29. The van der Waals surface area contributed by atoms with Crippen LogP contribution in [0.2, 0.25) is 0 Å². The Morgan fingerprint density at radius 1 is 1.35 bits per heavy atom. The molecule has 0 saturated heterocycles. The van der Waals surface area contributed by atoms with Crippen LogP contribution in [0.1, 0.15) is 11.1 Å². The van der Waals surface area contributed by atoms with Crippen molar-refractivity contribution < 1.29 is 14.3 Å². The van der Waals surface area contributed by atoms with Gasteiger partial charge in [-0.05, 0) is 41.8 Å². The number of carbonyl (C=O) groups excluding carboxylic acids is 1. The van der Waals surface area contributed by atoms with Gasteiger partial charge in [-0.15, -0.1) is 0 Å². The van der Waals surface area contributed by atoms with Gasteiger partial charge in [0.2, 0.25) is 0 Å². The zero-order chi connectivity index (χ0) is 12.4. The Bertz CT molecular complexity index is 448. The molecule has 0 aliphatic carbocycles. The van der Waals surface area contributed by atoms with Crippen molar-refractivity contribution in [1.82, 2.24) is 4.90 Å². The number of rotatable bonds is 2. The highest BCUT2D eigenvalue weighted by Crippen LogP contribution is 2.33. The minimum Gasteiger partial charge on any atom is -0.486 e. The topological polar surface area (TPSA) is 38.8 Å². The van der Waals surface area contributed by atoms with Crippen LogP contribution >= 0.6 is 11.6 Å². The van der Waals surface area contributed by atoms with E-state index in [0.29, 0.717) is 19.8 Å². The smallest absolute Gasteiger partial charge is 0.316 e. The van der Waals surface area contributed by atoms with Crippen LogP contribution in [0.25, 0.3) is 0 Å². The normalized spacial score (nSPS) is 13.4. The van der Waals surface area contributed by atoms with E-state index in [1.54, 1.807) is 7.05 Å². The lowest BCUT2D eigenvalue weighted by molar-refractivity contribution is 0.171. The first-order chi connectivity index (χ1) is 8.08. The van der Waals surface area contributed by atoms with Crippen LogP contribution in [0, 0.1) is 6.92 Å². The molecule has 0 unspecified atom stereocenters. The van der Waals surface area contributed by atoms with Gasteiger partial charge in [0.05, 0.1) is 0 Å². The van der Waals surface area contributed by atoms with Crippen LogP contribution in [-0.2, 0) is 6.54 Å². The van der Waals surface area contributed by atoms with Gasteiger partial charge in [0.15, 0.2) is 11.5 Å². The number of hydrogen-bond acceptors (Lipinski definition) is 3. The molecule has 1 aliphatic heterocycles. The molecule has 1 aromatic rings. The Hall–Kier alpha value is -1.42. The molecule has 0 fully saturated rings. The fraction of sp³-hybridized carbons (Fsp3) is 0.417. The van der Waals surface area contributed by atoms with Crippen LogP contribution in [0.3, 0.4) is 0 Å². The summed E-state index contributed by atoms with van der Waals surface area (Å²) < 4.78 is 11.0. The summed E-state index contributed by atoms with van der Waals surface area (Å²) in [5, 5.41) is -0.473. The molecule has 0 atom stereocenters. The molecule has 0 bridgehead atoms. The Morgan fingerprint density at radius 3 is 2.53 bits per heavy atom. The van der Waals surface area contributed by atoms with Gasteiger partial charge in [0, 0.05) is 13.6 Å². The summed E-state index contributed by atoms with van der Waals surface area (Å²) >= 11 is 5.40. The minimum atomic E-state index is -0.473. The van der Waals surface area contributed by atoms with Crippen molar-refractivity contribution in [3.05, 3.63) is 23.3 Å². The molecule has 0 saturated carbocycles. The lowest BCUT2D eigenvalue weighted by atomic mass is 10.1. The molecule has 0 N–H and O–H groups in total. The van der Waals surface area contributed by atoms with Gasteiger partial charge < -0.3 is 14.4 Å². The van der Waals surface area contributed by atoms with Crippen LogP contribution < -0.4 is 9.47 Å². The summed E-state index contributed by atoms with van der Waals surface area (Å²) in [5.41, 5.74) is 2.06. The van der Waals surface area contributed by atoms with Gasteiger partial charge in [-0.25, -0.2) is 0 Å². The van der Waals surface area contributed by atoms with Crippen LogP contribution in [-0.4, -0.2) is 30.5 Å². The number of carbonyl (C=O) groups is 1. The van der Waals surface area contributed by atoms with E-state index in [2.05, 4.69) is 0 Å². The SMILES string of the molecule is Cc1cc2c(cc1CN(C)C(=O)Cl)OCCO2. The maximum Gasteiger partial charge on any atom is 0.316 e. The summed E-state index contributed by atoms with van der Waals surface area (Å²) in [4.78, 5) is 12.4. The molecular weight excluding hydrogens is 242 g/mol. The number of amides is 1. The number of benzene rings is 1. The fourth-order valence-corrected chi connectivity index (χ4v) is 1.78. The third-order valence-electron chi connectivity index (χ3n) is 2.71. The Morgan fingerprint density at radius 2 is 1.94 bits per heavy atom. The summed E-state index contributed by atoms with van der Waals surface area (Å²) in [6.07, 6.45) is 0. The predicted molar refractivity (Wildman–Crippen MR) is 64.9 cm³/mol. The maximum atomic E-state index is 11.0. The van der Waals surface area contributed by atoms with Gasteiger partial charge in [-0.3, -0.25) is 4.79 Å². The molecule has 5 heteroatoms. The fourth-order valence-electron chi connectivity index (χ4n) is 1.72. The number of ether oxygens (including phenoxy) is 2. The maximum absolute atomic E-state index is 11.0. The third-order valence-corrected chi connectivity index (χ3v) is 3.00. The van der Waals surface area contributed by atoms with Crippen molar-refractivity contribution in [2.24, 2.45) is 0 Å². The largest absolute Gasteiger partial charge is 0.486 e. The third kappa shape index (κ3) is 2.64.